The molecule has 0 bridgehead atoms. The van der Waals surface area contributed by atoms with Crippen LogP contribution < -0.4 is 5.32 Å². The zero-order chi connectivity index (χ0) is 14.9. The van der Waals surface area contributed by atoms with Crippen LogP contribution in [-0.4, -0.2) is 66.8 Å². The molecule has 0 saturated carbocycles. The number of hydrogen-bond acceptors (Lipinski definition) is 5. The molecule has 2 fully saturated rings. The van der Waals surface area contributed by atoms with Crippen molar-refractivity contribution < 1.29 is 27.9 Å². The third-order valence-corrected chi connectivity index (χ3v) is 5.31. The van der Waals surface area contributed by atoms with Crippen molar-refractivity contribution in [3.63, 3.8) is 0 Å². The van der Waals surface area contributed by atoms with Crippen LogP contribution >= 0.6 is 0 Å². The number of nitrogens with zero attached hydrogens (tertiary/aromatic N) is 1. The molecule has 2 atom stereocenters. The standard InChI is InChI=1S/C11H16N2O6S/c14-9-3-7(4-12-9)11(17)13(5-10(15)16)8-1-2-20(18,19)6-8/h7-8H,1-6H2,(H,12,14)(H,15,16). The van der Waals surface area contributed by atoms with Crippen molar-refractivity contribution in [2.45, 2.75) is 18.9 Å². The number of sulfone groups is 1. The number of aliphatic carboxylic acids is 1. The van der Waals surface area contributed by atoms with Gasteiger partial charge < -0.3 is 15.3 Å². The summed E-state index contributed by atoms with van der Waals surface area (Å²) in [6.45, 7) is -0.364. The van der Waals surface area contributed by atoms with Gasteiger partial charge in [0.05, 0.1) is 17.4 Å². The second-order valence-corrected chi connectivity index (χ2v) is 7.35. The van der Waals surface area contributed by atoms with E-state index in [4.69, 9.17) is 5.11 Å². The Bertz CT molecular complexity index is 543. The van der Waals surface area contributed by atoms with Gasteiger partial charge in [0.1, 0.15) is 6.54 Å². The quantitative estimate of drug-likeness (QED) is 0.633. The van der Waals surface area contributed by atoms with Crippen LogP contribution in [0.2, 0.25) is 0 Å². The maximum atomic E-state index is 12.3. The highest BCUT2D eigenvalue weighted by molar-refractivity contribution is 7.91. The molecule has 0 radical (unpaired) electrons. The Morgan fingerprint density at radius 1 is 1.40 bits per heavy atom. The molecule has 20 heavy (non-hydrogen) atoms. The lowest BCUT2D eigenvalue weighted by atomic mass is 10.1. The van der Waals surface area contributed by atoms with Gasteiger partial charge in [-0.1, -0.05) is 0 Å². The number of hydrogen-bond donors (Lipinski definition) is 2. The average molecular weight is 304 g/mol. The Balaban J connectivity index is 2.13. The van der Waals surface area contributed by atoms with E-state index in [-0.39, 0.29) is 36.8 Å². The van der Waals surface area contributed by atoms with Gasteiger partial charge in [-0.2, -0.15) is 0 Å². The normalized spacial score (nSPS) is 28.1. The number of carbonyl (C=O) groups is 3. The van der Waals surface area contributed by atoms with Crippen molar-refractivity contribution in [1.82, 2.24) is 10.2 Å². The van der Waals surface area contributed by atoms with E-state index < -0.39 is 40.2 Å². The highest BCUT2D eigenvalue weighted by atomic mass is 32.2. The molecule has 0 spiro atoms. The summed E-state index contributed by atoms with van der Waals surface area (Å²) in [5, 5.41) is 11.4. The van der Waals surface area contributed by atoms with Gasteiger partial charge in [0.25, 0.3) is 0 Å². The Morgan fingerprint density at radius 3 is 2.55 bits per heavy atom. The topological polar surface area (TPSA) is 121 Å². The monoisotopic (exact) mass is 304 g/mol. The molecule has 2 saturated heterocycles. The van der Waals surface area contributed by atoms with E-state index in [0.29, 0.717) is 0 Å². The molecule has 0 aromatic heterocycles. The van der Waals surface area contributed by atoms with Crippen LogP contribution in [0.5, 0.6) is 0 Å². The highest BCUT2D eigenvalue weighted by Gasteiger charge is 2.39. The number of nitrogens with one attached hydrogen (secondary N) is 1. The summed E-state index contributed by atoms with van der Waals surface area (Å²) in [5.74, 6) is -2.76. The van der Waals surface area contributed by atoms with Crippen molar-refractivity contribution in [2.24, 2.45) is 5.92 Å². The van der Waals surface area contributed by atoms with Crippen LogP contribution in [0.4, 0.5) is 0 Å². The second-order valence-electron chi connectivity index (χ2n) is 5.12. The predicted octanol–water partition coefficient (Wildman–Crippen LogP) is -1.78. The lowest BCUT2D eigenvalue weighted by Gasteiger charge is -2.28. The maximum Gasteiger partial charge on any atom is 0.323 e. The molecule has 0 aromatic carbocycles. The van der Waals surface area contributed by atoms with Crippen LogP contribution in [0.15, 0.2) is 0 Å². The number of amides is 2. The minimum Gasteiger partial charge on any atom is -0.480 e. The fourth-order valence-electron chi connectivity index (χ4n) is 2.57. The lowest BCUT2D eigenvalue weighted by molar-refractivity contribution is -0.147. The van der Waals surface area contributed by atoms with Crippen molar-refractivity contribution in [2.75, 3.05) is 24.6 Å². The van der Waals surface area contributed by atoms with Crippen molar-refractivity contribution in [3.05, 3.63) is 0 Å². The first kappa shape index (κ1) is 14.8. The van der Waals surface area contributed by atoms with Gasteiger partial charge in [0, 0.05) is 19.0 Å². The number of carboxylic acids is 1. The van der Waals surface area contributed by atoms with Gasteiger partial charge in [-0.05, 0) is 6.42 Å². The molecule has 9 heteroatoms. The van der Waals surface area contributed by atoms with Crippen LogP contribution in [-0.2, 0) is 24.2 Å². The molecule has 2 N–H and O–H groups in total. The minimum atomic E-state index is -3.21. The smallest absolute Gasteiger partial charge is 0.323 e. The molecule has 2 heterocycles. The summed E-state index contributed by atoms with van der Waals surface area (Å²) in [7, 11) is -3.21. The molecule has 0 aliphatic carbocycles. The molecular weight excluding hydrogens is 288 g/mol. The van der Waals surface area contributed by atoms with E-state index in [2.05, 4.69) is 5.32 Å². The molecule has 0 aromatic rings. The van der Waals surface area contributed by atoms with E-state index in [1.807, 2.05) is 0 Å². The SMILES string of the molecule is O=C(O)CN(C(=O)C1CNC(=O)C1)C1CCS(=O)(=O)C1. The van der Waals surface area contributed by atoms with Gasteiger partial charge >= 0.3 is 5.97 Å². The fourth-order valence-corrected chi connectivity index (χ4v) is 4.30. The zero-order valence-electron chi connectivity index (χ0n) is 10.7. The van der Waals surface area contributed by atoms with Crippen LogP contribution in [0.3, 0.4) is 0 Å². The molecule has 112 valence electrons. The largest absolute Gasteiger partial charge is 0.480 e. The summed E-state index contributed by atoms with van der Waals surface area (Å²) >= 11 is 0. The summed E-state index contributed by atoms with van der Waals surface area (Å²) in [5.41, 5.74) is 0. The molecule has 2 aliphatic heterocycles. The summed E-state index contributed by atoms with van der Waals surface area (Å²) in [6.07, 6.45) is 0.268. The van der Waals surface area contributed by atoms with Crippen molar-refractivity contribution in [1.29, 1.82) is 0 Å². The predicted molar refractivity (Wildman–Crippen MR) is 67.5 cm³/mol. The zero-order valence-corrected chi connectivity index (χ0v) is 11.6. The van der Waals surface area contributed by atoms with E-state index in [9.17, 15) is 22.8 Å². The van der Waals surface area contributed by atoms with Gasteiger partial charge in [-0.3, -0.25) is 14.4 Å². The summed E-state index contributed by atoms with van der Waals surface area (Å²) < 4.78 is 23.0. The molecule has 2 rings (SSSR count). The van der Waals surface area contributed by atoms with Crippen LogP contribution in [0.1, 0.15) is 12.8 Å². The first-order chi connectivity index (χ1) is 9.28. The molecule has 8 nitrogen and oxygen atoms in total. The first-order valence-electron chi connectivity index (χ1n) is 6.28. The number of carbonyl (C=O) groups excluding carboxylic acids is 2. The van der Waals surface area contributed by atoms with Gasteiger partial charge in [0.2, 0.25) is 11.8 Å². The summed E-state index contributed by atoms with van der Waals surface area (Å²) in [4.78, 5) is 35.4. The molecule has 2 amide bonds. The third-order valence-electron chi connectivity index (χ3n) is 3.56. The van der Waals surface area contributed by atoms with Crippen molar-refractivity contribution in [3.8, 4) is 0 Å². The number of rotatable bonds is 4. The minimum absolute atomic E-state index is 0.0222. The fraction of sp³-hybridized carbons (Fsp3) is 0.727. The summed E-state index contributed by atoms with van der Waals surface area (Å²) in [6, 6.07) is -0.612. The van der Waals surface area contributed by atoms with E-state index in [0.717, 1.165) is 4.90 Å². The van der Waals surface area contributed by atoms with E-state index in [1.54, 1.807) is 0 Å². The Morgan fingerprint density at radius 2 is 2.10 bits per heavy atom. The highest BCUT2D eigenvalue weighted by Crippen LogP contribution is 2.21. The third kappa shape index (κ3) is 3.27. The van der Waals surface area contributed by atoms with Crippen LogP contribution in [0, 0.1) is 5.92 Å². The maximum absolute atomic E-state index is 12.3. The first-order valence-corrected chi connectivity index (χ1v) is 8.10. The Hall–Kier alpha value is -1.64. The van der Waals surface area contributed by atoms with Gasteiger partial charge in [0.15, 0.2) is 9.84 Å². The van der Waals surface area contributed by atoms with Crippen LogP contribution in [0.25, 0.3) is 0 Å². The molecular formula is C11H16N2O6S. The lowest BCUT2D eigenvalue weighted by Crippen LogP contribution is -2.47. The van der Waals surface area contributed by atoms with E-state index >= 15 is 0 Å². The van der Waals surface area contributed by atoms with Gasteiger partial charge in [-0.25, -0.2) is 8.42 Å². The average Bonchev–Trinajstić information content (AvgIpc) is 2.91. The van der Waals surface area contributed by atoms with E-state index in [1.165, 1.54) is 0 Å². The van der Waals surface area contributed by atoms with Crippen molar-refractivity contribution >= 4 is 27.6 Å². The molecule has 2 unspecified atom stereocenters. The van der Waals surface area contributed by atoms with Gasteiger partial charge in [-0.15, -0.1) is 0 Å². The Kier molecular flexibility index (Phi) is 3.98. The molecule has 2 aliphatic rings. The Labute approximate surface area is 116 Å². The number of carboxylic acid groups (broad SMARTS) is 1. The second kappa shape index (κ2) is 5.39.